The summed E-state index contributed by atoms with van der Waals surface area (Å²) in [7, 11) is 0. The van der Waals surface area contributed by atoms with E-state index < -0.39 is 17.6 Å². The van der Waals surface area contributed by atoms with Crippen LogP contribution in [0.3, 0.4) is 0 Å². The second-order valence-corrected chi connectivity index (χ2v) is 3.99. The summed E-state index contributed by atoms with van der Waals surface area (Å²) < 4.78 is 31.4. The van der Waals surface area contributed by atoms with Crippen molar-refractivity contribution >= 4 is 5.97 Å². The Labute approximate surface area is 108 Å². The average molecular weight is 264 g/mol. The first-order valence-corrected chi connectivity index (χ1v) is 5.44. The molecule has 0 N–H and O–H groups in total. The average Bonchev–Trinajstić information content (AvgIpc) is 2.36. The second kappa shape index (κ2) is 5.09. The molecule has 0 bridgehead atoms. The minimum Gasteiger partial charge on any atom is -0.420 e. The highest BCUT2D eigenvalue weighted by Gasteiger charge is 2.14. The van der Waals surface area contributed by atoms with Crippen molar-refractivity contribution in [1.29, 1.82) is 0 Å². The van der Waals surface area contributed by atoms with E-state index in [1.807, 2.05) is 0 Å². The molecule has 0 radical (unpaired) electrons. The molecule has 0 aliphatic heterocycles. The lowest BCUT2D eigenvalue weighted by molar-refractivity contribution is 0.0721. The van der Waals surface area contributed by atoms with Gasteiger partial charge in [-0.1, -0.05) is 0 Å². The Kier molecular flexibility index (Phi) is 3.50. The number of hydrogen-bond donors (Lipinski definition) is 0. The standard InChI is InChI=1S/C13H10F2N2O2/c1-7-5-16-12(17-6-7)13(18)19-9-3-10(14)8(2)11(15)4-9/h3-6H,1-2H3. The normalized spacial score (nSPS) is 10.3. The minimum absolute atomic E-state index is 0.133. The third kappa shape index (κ3) is 2.90. The summed E-state index contributed by atoms with van der Waals surface area (Å²) in [6, 6.07) is 1.87. The van der Waals surface area contributed by atoms with Crippen molar-refractivity contribution < 1.29 is 18.3 Å². The van der Waals surface area contributed by atoms with Crippen LogP contribution in [0.4, 0.5) is 8.78 Å². The van der Waals surface area contributed by atoms with Gasteiger partial charge in [-0.25, -0.2) is 23.5 Å². The van der Waals surface area contributed by atoms with Gasteiger partial charge in [0.15, 0.2) is 0 Å². The van der Waals surface area contributed by atoms with Crippen molar-refractivity contribution in [2.24, 2.45) is 0 Å². The molecule has 98 valence electrons. The van der Waals surface area contributed by atoms with Gasteiger partial charge in [-0.05, 0) is 19.4 Å². The van der Waals surface area contributed by atoms with E-state index in [1.54, 1.807) is 6.92 Å². The van der Waals surface area contributed by atoms with Crippen LogP contribution in [0.25, 0.3) is 0 Å². The first-order chi connectivity index (χ1) is 8.97. The van der Waals surface area contributed by atoms with Crippen LogP contribution < -0.4 is 4.74 Å². The largest absolute Gasteiger partial charge is 0.420 e. The molecule has 0 fully saturated rings. The third-order valence-electron chi connectivity index (χ3n) is 2.43. The third-order valence-corrected chi connectivity index (χ3v) is 2.43. The molecule has 0 saturated carbocycles. The molecule has 19 heavy (non-hydrogen) atoms. The number of halogens is 2. The molecule has 2 rings (SSSR count). The number of carbonyl (C=O) groups is 1. The molecule has 0 aliphatic carbocycles. The Bertz CT molecular complexity index is 604. The first-order valence-electron chi connectivity index (χ1n) is 5.44. The Morgan fingerprint density at radius 3 is 2.16 bits per heavy atom. The first kappa shape index (κ1) is 13.1. The van der Waals surface area contributed by atoms with Crippen LogP contribution in [0.5, 0.6) is 5.75 Å². The zero-order valence-electron chi connectivity index (χ0n) is 10.3. The Morgan fingerprint density at radius 2 is 1.63 bits per heavy atom. The van der Waals surface area contributed by atoms with Gasteiger partial charge in [-0.3, -0.25) is 0 Å². The SMILES string of the molecule is Cc1cnc(C(=O)Oc2cc(F)c(C)c(F)c2)nc1. The number of carbonyl (C=O) groups excluding carboxylic acids is 1. The maximum atomic E-state index is 13.3. The lowest BCUT2D eigenvalue weighted by atomic mass is 10.2. The molecule has 1 heterocycles. The number of aromatic nitrogens is 2. The van der Waals surface area contributed by atoms with E-state index in [9.17, 15) is 13.6 Å². The van der Waals surface area contributed by atoms with Crippen LogP contribution in [0, 0.1) is 25.5 Å². The van der Waals surface area contributed by atoms with Gasteiger partial charge in [0, 0.05) is 30.1 Å². The summed E-state index contributed by atoms with van der Waals surface area (Å²) in [6.45, 7) is 3.05. The van der Waals surface area contributed by atoms with E-state index in [0.717, 1.165) is 17.7 Å². The lowest BCUT2D eigenvalue weighted by Crippen LogP contribution is -2.13. The molecule has 0 spiro atoms. The molecule has 0 amide bonds. The van der Waals surface area contributed by atoms with Crippen LogP contribution in [0.15, 0.2) is 24.5 Å². The maximum Gasteiger partial charge on any atom is 0.381 e. The Morgan fingerprint density at radius 1 is 1.11 bits per heavy atom. The van der Waals surface area contributed by atoms with E-state index in [4.69, 9.17) is 4.74 Å². The van der Waals surface area contributed by atoms with Gasteiger partial charge in [0.2, 0.25) is 5.82 Å². The van der Waals surface area contributed by atoms with Crippen molar-refractivity contribution in [1.82, 2.24) is 9.97 Å². The summed E-state index contributed by atoms with van der Waals surface area (Å²) in [5, 5.41) is 0. The summed E-state index contributed by atoms with van der Waals surface area (Å²) >= 11 is 0. The van der Waals surface area contributed by atoms with Crippen LogP contribution >= 0.6 is 0 Å². The van der Waals surface area contributed by atoms with Gasteiger partial charge in [0.1, 0.15) is 17.4 Å². The molecular weight excluding hydrogens is 254 g/mol. The molecule has 6 heteroatoms. The summed E-state index contributed by atoms with van der Waals surface area (Å²) in [4.78, 5) is 19.2. The molecule has 2 aromatic rings. The number of rotatable bonds is 2. The highest BCUT2D eigenvalue weighted by atomic mass is 19.1. The van der Waals surface area contributed by atoms with Crippen molar-refractivity contribution in [2.75, 3.05) is 0 Å². The van der Waals surface area contributed by atoms with Gasteiger partial charge in [-0.15, -0.1) is 0 Å². The zero-order valence-corrected chi connectivity index (χ0v) is 10.3. The van der Waals surface area contributed by atoms with Gasteiger partial charge >= 0.3 is 5.97 Å². The molecule has 4 nitrogen and oxygen atoms in total. The molecule has 1 aromatic carbocycles. The van der Waals surface area contributed by atoms with E-state index in [1.165, 1.54) is 19.3 Å². The molecule has 0 atom stereocenters. The van der Waals surface area contributed by atoms with Crippen molar-refractivity contribution in [3.63, 3.8) is 0 Å². The number of ether oxygens (including phenoxy) is 1. The van der Waals surface area contributed by atoms with E-state index >= 15 is 0 Å². The molecule has 0 aliphatic rings. The quantitative estimate of drug-likeness (QED) is 0.618. The summed E-state index contributed by atoms with van der Waals surface area (Å²) in [5.74, 6) is -2.84. The van der Waals surface area contributed by atoms with E-state index in [-0.39, 0.29) is 17.1 Å². The summed E-state index contributed by atoms with van der Waals surface area (Å²) in [5.41, 5.74) is 0.648. The fourth-order valence-corrected chi connectivity index (χ4v) is 1.33. The van der Waals surface area contributed by atoms with E-state index in [2.05, 4.69) is 9.97 Å². The Hall–Kier alpha value is -2.37. The predicted octanol–water partition coefficient (Wildman–Crippen LogP) is 2.59. The molecule has 0 unspecified atom stereocenters. The van der Waals surface area contributed by atoms with Crippen LogP contribution in [-0.2, 0) is 0 Å². The van der Waals surface area contributed by atoms with Gasteiger partial charge in [0.05, 0.1) is 0 Å². The fourth-order valence-electron chi connectivity index (χ4n) is 1.33. The fraction of sp³-hybridized carbons (Fsp3) is 0.154. The van der Waals surface area contributed by atoms with Gasteiger partial charge < -0.3 is 4.74 Å². The lowest BCUT2D eigenvalue weighted by Gasteiger charge is -2.05. The summed E-state index contributed by atoms with van der Waals surface area (Å²) in [6.07, 6.45) is 2.89. The van der Waals surface area contributed by atoms with Crippen LogP contribution in [0.2, 0.25) is 0 Å². The molecular formula is C13H10F2N2O2. The maximum absolute atomic E-state index is 13.3. The number of benzene rings is 1. The topological polar surface area (TPSA) is 52.1 Å². The zero-order chi connectivity index (χ0) is 14.0. The Balaban J connectivity index is 2.22. The van der Waals surface area contributed by atoms with Crippen molar-refractivity contribution in [2.45, 2.75) is 13.8 Å². The second-order valence-electron chi connectivity index (χ2n) is 3.99. The number of nitrogens with zero attached hydrogens (tertiary/aromatic N) is 2. The van der Waals surface area contributed by atoms with Crippen molar-refractivity contribution in [3.05, 3.63) is 53.1 Å². The van der Waals surface area contributed by atoms with Gasteiger partial charge in [-0.2, -0.15) is 0 Å². The number of hydrogen-bond acceptors (Lipinski definition) is 4. The smallest absolute Gasteiger partial charge is 0.381 e. The van der Waals surface area contributed by atoms with Crippen LogP contribution in [-0.4, -0.2) is 15.9 Å². The van der Waals surface area contributed by atoms with E-state index in [0.29, 0.717) is 0 Å². The van der Waals surface area contributed by atoms with Gasteiger partial charge in [0.25, 0.3) is 0 Å². The number of esters is 1. The predicted molar refractivity (Wildman–Crippen MR) is 62.8 cm³/mol. The monoisotopic (exact) mass is 264 g/mol. The van der Waals surface area contributed by atoms with Crippen molar-refractivity contribution in [3.8, 4) is 5.75 Å². The highest BCUT2D eigenvalue weighted by molar-refractivity contribution is 5.86. The minimum atomic E-state index is -0.873. The number of aryl methyl sites for hydroxylation is 1. The molecule has 0 saturated heterocycles. The highest BCUT2D eigenvalue weighted by Crippen LogP contribution is 2.20. The molecule has 1 aromatic heterocycles. The van der Waals surface area contributed by atoms with Crippen LogP contribution in [0.1, 0.15) is 21.7 Å².